The van der Waals surface area contributed by atoms with Gasteiger partial charge in [-0.3, -0.25) is 4.57 Å². The summed E-state index contributed by atoms with van der Waals surface area (Å²) < 4.78 is 15.5. The molecule has 1 aliphatic heterocycles. The Labute approximate surface area is 194 Å². The Hall–Kier alpha value is -3.71. The lowest BCUT2D eigenvalue weighted by atomic mass is 10.1. The zero-order valence-corrected chi connectivity index (χ0v) is 19.4. The van der Waals surface area contributed by atoms with Gasteiger partial charge in [-0.25, -0.2) is 19.3 Å². The maximum atomic E-state index is 13.5. The highest BCUT2D eigenvalue weighted by atomic mass is 32.1. The van der Waals surface area contributed by atoms with E-state index in [0.29, 0.717) is 27.0 Å². The molecule has 0 bridgehead atoms. The van der Waals surface area contributed by atoms with Crippen LogP contribution in [0.1, 0.15) is 49.9 Å². The van der Waals surface area contributed by atoms with E-state index in [1.807, 2.05) is 11.5 Å². The van der Waals surface area contributed by atoms with Gasteiger partial charge >= 0.3 is 0 Å². The summed E-state index contributed by atoms with van der Waals surface area (Å²) in [6.07, 6.45) is 2.62. The molecule has 8 nitrogen and oxygen atoms in total. The van der Waals surface area contributed by atoms with Gasteiger partial charge in [-0.15, -0.1) is 10.2 Å². The van der Waals surface area contributed by atoms with Crippen molar-refractivity contribution in [3.8, 4) is 33.7 Å². The molecule has 5 rings (SSSR count). The number of benzene rings is 1. The van der Waals surface area contributed by atoms with Gasteiger partial charge < -0.3 is 4.90 Å². The lowest BCUT2D eigenvalue weighted by Gasteiger charge is -2.39. The summed E-state index contributed by atoms with van der Waals surface area (Å²) in [7, 11) is 0. The number of fused-ring (bicyclic) bond motifs is 3. The molecule has 0 unspecified atom stereocenters. The van der Waals surface area contributed by atoms with Crippen molar-refractivity contribution in [2.24, 2.45) is 0 Å². The molecular weight excluding hydrogens is 439 g/mol. The molecule has 4 aromatic rings. The molecule has 0 aliphatic carbocycles. The van der Waals surface area contributed by atoms with Gasteiger partial charge in [-0.2, -0.15) is 5.26 Å². The molecule has 0 amide bonds. The van der Waals surface area contributed by atoms with Crippen LogP contribution in [-0.4, -0.2) is 35.8 Å². The molecule has 166 valence electrons. The van der Waals surface area contributed by atoms with Crippen molar-refractivity contribution >= 4 is 17.2 Å². The zero-order valence-electron chi connectivity index (χ0n) is 18.6. The van der Waals surface area contributed by atoms with Gasteiger partial charge in [-0.05, 0) is 51.5 Å². The average molecular weight is 461 g/mol. The smallest absolute Gasteiger partial charge is 0.195 e. The summed E-state index contributed by atoms with van der Waals surface area (Å²) >= 11 is 1.23. The number of rotatable bonds is 4. The highest BCUT2D eigenvalue weighted by Gasteiger charge is 2.36. The van der Waals surface area contributed by atoms with Gasteiger partial charge in [0.1, 0.15) is 28.3 Å². The minimum Gasteiger partial charge on any atom is -0.342 e. The highest BCUT2D eigenvalue weighted by Crippen LogP contribution is 2.42. The predicted molar refractivity (Wildman–Crippen MR) is 124 cm³/mol. The molecule has 4 heterocycles. The van der Waals surface area contributed by atoms with Crippen LogP contribution in [0, 0.1) is 24.1 Å². The molecule has 0 radical (unpaired) electrons. The summed E-state index contributed by atoms with van der Waals surface area (Å²) in [5.74, 6) is 2.58. The SMILES string of the molecule is CC[C@@H]1c2nnc(C)n2-c2cnc(-c3sc(C#N)nc3-c3ccc(F)cc3)nc2N1C(C)C. The maximum absolute atomic E-state index is 13.5. The molecule has 0 N–H and O–H groups in total. The van der Waals surface area contributed by atoms with Crippen LogP contribution in [0.5, 0.6) is 0 Å². The first-order valence-corrected chi connectivity index (χ1v) is 11.5. The van der Waals surface area contributed by atoms with E-state index >= 15 is 0 Å². The normalized spacial score (nSPS) is 14.8. The molecular formula is C23H21FN8S. The van der Waals surface area contributed by atoms with Gasteiger partial charge in [0.05, 0.1) is 17.9 Å². The second-order valence-corrected chi connectivity index (χ2v) is 9.08. The van der Waals surface area contributed by atoms with Crippen molar-refractivity contribution < 1.29 is 4.39 Å². The Morgan fingerprint density at radius 1 is 1.18 bits per heavy atom. The van der Waals surface area contributed by atoms with Crippen molar-refractivity contribution in [3.05, 3.63) is 52.9 Å². The summed E-state index contributed by atoms with van der Waals surface area (Å²) in [5, 5.41) is 18.5. The Morgan fingerprint density at radius 2 is 1.94 bits per heavy atom. The number of aromatic nitrogens is 6. The van der Waals surface area contributed by atoms with E-state index < -0.39 is 0 Å². The second-order valence-electron chi connectivity index (χ2n) is 8.08. The van der Waals surface area contributed by atoms with Gasteiger partial charge in [0, 0.05) is 11.6 Å². The van der Waals surface area contributed by atoms with Gasteiger partial charge in [0.2, 0.25) is 0 Å². The van der Waals surface area contributed by atoms with Crippen molar-refractivity contribution in [2.45, 2.75) is 46.2 Å². The molecule has 1 atom stereocenters. The standard InChI is InChI=1S/C23H21FN8S/c1-5-16-23-30-29-13(4)32(23)17-11-26-21(28-22(17)31(16)12(2)3)20-19(27-18(10-25)33-20)14-6-8-15(24)9-7-14/h6-9,11-12,16H,5H2,1-4H3/t16-/m1/s1. The fourth-order valence-electron chi connectivity index (χ4n) is 4.29. The molecule has 0 spiro atoms. The summed E-state index contributed by atoms with van der Waals surface area (Å²) in [4.78, 5) is 17.0. The van der Waals surface area contributed by atoms with Crippen molar-refractivity contribution in [2.75, 3.05) is 4.90 Å². The second kappa shape index (κ2) is 8.01. The van der Waals surface area contributed by atoms with Crippen LogP contribution >= 0.6 is 11.3 Å². The number of thiazole rings is 1. The van der Waals surface area contributed by atoms with Crippen LogP contribution in [0.3, 0.4) is 0 Å². The number of nitrogens with zero attached hydrogens (tertiary/aromatic N) is 8. The van der Waals surface area contributed by atoms with Crippen molar-refractivity contribution in [1.82, 2.24) is 29.7 Å². The van der Waals surface area contributed by atoms with Crippen molar-refractivity contribution in [3.63, 3.8) is 0 Å². The molecule has 0 fully saturated rings. The third-order valence-corrected chi connectivity index (χ3v) is 6.66. The number of anilines is 1. The predicted octanol–water partition coefficient (Wildman–Crippen LogP) is 4.85. The Balaban J connectivity index is 1.72. The highest BCUT2D eigenvalue weighted by molar-refractivity contribution is 7.16. The van der Waals surface area contributed by atoms with Crippen LogP contribution in [0.15, 0.2) is 30.5 Å². The fraction of sp³-hybridized carbons (Fsp3) is 0.304. The quantitative estimate of drug-likeness (QED) is 0.430. The Morgan fingerprint density at radius 3 is 2.61 bits per heavy atom. The van der Waals surface area contributed by atoms with E-state index in [-0.39, 0.29) is 17.9 Å². The fourth-order valence-corrected chi connectivity index (χ4v) is 5.12. The van der Waals surface area contributed by atoms with Crippen molar-refractivity contribution in [1.29, 1.82) is 5.26 Å². The third kappa shape index (κ3) is 3.36. The topological polar surface area (TPSA) is 96.4 Å². The summed E-state index contributed by atoms with van der Waals surface area (Å²) in [6, 6.07) is 8.34. The van der Waals surface area contributed by atoms with E-state index in [1.54, 1.807) is 18.3 Å². The van der Waals surface area contributed by atoms with Crippen LogP contribution < -0.4 is 4.90 Å². The minimum atomic E-state index is -0.334. The van der Waals surface area contributed by atoms with E-state index in [4.69, 9.17) is 4.98 Å². The number of halogens is 1. The average Bonchev–Trinajstić information content (AvgIpc) is 3.42. The number of nitriles is 1. The van der Waals surface area contributed by atoms with E-state index in [2.05, 4.69) is 51.9 Å². The molecule has 0 saturated heterocycles. The first-order chi connectivity index (χ1) is 15.9. The third-order valence-electron chi connectivity index (χ3n) is 5.71. The van der Waals surface area contributed by atoms with Crippen LogP contribution in [0.2, 0.25) is 0 Å². The Kier molecular flexibility index (Phi) is 5.13. The van der Waals surface area contributed by atoms with Crippen LogP contribution in [-0.2, 0) is 0 Å². The molecule has 1 aromatic carbocycles. The van der Waals surface area contributed by atoms with Gasteiger partial charge in [0.15, 0.2) is 22.5 Å². The first-order valence-electron chi connectivity index (χ1n) is 10.7. The lowest BCUT2D eigenvalue weighted by Crippen LogP contribution is -2.40. The molecule has 10 heteroatoms. The van der Waals surface area contributed by atoms with Crippen LogP contribution in [0.4, 0.5) is 10.2 Å². The van der Waals surface area contributed by atoms with Gasteiger partial charge in [-0.1, -0.05) is 18.3 Å². The summed E-state index contributed by atoms with van der Waals surface area (Å²) in [5.41, 5.74) is 2.09. The maximum Gasteiger partial charge on any atom is 0.195 e. The summed E-state index contributed by atoms with van der Waals surface area (Å²) in [6.45, 7) is 8.28. The van der Waals surface area contributed by atoms with E-state index in [0.717, 1.165) is 29.6 Å². The molecule has 0 saturated carbocycles. The number of aryl methyl sites for hydroxylation is 1. The molecule has 1 aliphatic rings. The molecule has 33 heavy (non-hydrogen) atoms. The van der Waals surface area contributed by atoms with E-state index in [1.165, 1.54) is 23.5 Å². The largest absolute Gasteiger partial charge is 0.342 e. The Bertz CT molecular complexity index is 1380. The monoisotopic (exact) mass is 460 g/mol. The number of hydrogen-bond donors (Lipinski definition) is 0. The first kappa shape index (κ1) is 21.2. The van der Waals surface area contributed by atoms with E-state index in [9.17, 15) is 9.65 Å². The van der Waals surface area contributed by atoms with Crippen LogP contribution in [0.25, 0.3) is 27.6 Å². The number of hydrogen-bond acceptors (Lipinski definition) is 8. The lowest BCUT2D eigenvalue weighted by molar-refractivity contribution is 0.496. The molecule has 3 aromatic heterocycles. The minimum absolute atomic E-state index is 0.0224. The zero-order chi connectivity index (χ0) is 23.3. The van der Waals surface area contributed by atoms with Gasteiger partial charge in [0.25, 0.3) is 0 Å².